The Labute approximate surface area is 224 Å². The monoisotopic (exact) mass is 567 g/mol. The first-order valence-electron chi connectivity index (χ1n) is 12.1. The van der Waals surface area contributed by atoms with Crippen LogP contribution in [0.2, 0.25) is 0 Å². The van der Waals surface area contributed by atoms with Crippen LogP contribution in [0.15, 0.2) is 59.6 Å². The van der Waals surface area contributed by atoms with Crippen LogP contribution in [0.4, 0.5) is 11.4 Å². The van der Waals surface area contributed by atoms with Gasteiger partial charge in [-0.3, -0.25) is 14.4 Å². The summed E-state index contributed by atoms with van der Waals surface area (Å²) in [5.74, 6) is -0.324. The van der Waals surface area contributed by atoms with Gasteiger partial charge in [-0.25, -0.2) is 4.98 Å². The summed E-state index contributed by atoms with van der Waals surface area (Å²) in [4.78, 5) is 43.1. The van der Waals surface area contributed by atoms with Gasteiger partial charge in [-0.15, -0.1) is 0 Å². The van der Waals surface area contributed by atoms with Gasteiger partial charge in [-0.05, 0) is 67.8 Å². The largest absolute Gasteiger partial charge is 0.484 e. The molecule has 1 fully saturated rings. The minimum absolute atomic E-state index is 0.0909. The first kappa shape index (κ1) is 26.4. The second kappa shape index (κ2) is 12.1. The van der Waals surface area contributed by atoms with Crippen molar-refractivity contribution in [2.75, 3.05) is 29.9 Å². The van der Waals surface area contributed by atoms with Crippen molar-refractivity contribution in [1.82, 2.24) is 14.9 Å². The maximum Gasteiger partial charge on any atom is 0.262 e. The highest BCUT2D eigenvalue weighted by molar-refractivity contribution is 9.10. The van der Waals surface area contributed by atoms with Crippen LogP contribution in [-0.4, -0.2) is 47.0 Å². The standard InChI is InChI=1S/C27H30BrN5O4/c1-18-12-21(28)13-19(2)26(18)31-24(34)16-37-23-6-4-22(5-7-23)33-15-20(14-25(33)35)27(36)30-8-3-10-32-11-9-29-17-32/h4-7,9,11-13,17,20H,3,8,10,14-16H2,1-2H3,(H,30,36)(H,31,34)/t20-/m0/s1. The fourth-order valence-corrected chi connectivity index (χ4v) is 5.01. The summed E-state index contributed by atoms with van der Waals surface area (Å²) >= 11 is 3.45. The van der Waals surface area contributed by atoms with Gasteiger partial charge in [0, 0.05) is 54.3 Å². The molecule has 1 saturated heterocycles. The number of imidazole rings is 1. The van der Waals surface area contributed by atoms with Crippen molar-refractivity contribution in [3.63, 3.8) is 0 Å². The lowest BCUT2D eigenvalue weighted by Gasteiger charge is -2.17. The summed E-state index contributed by atoms with van der Waals surface area (Å²) in [5, 5.41) is 5.83. The zero-order valence-corrected chi connectivity index (χ0v) is 22.5. The van der Waals surface area contributed by atoms with Crippen molar-refractivity contribution in [3.8, 4) is 5.75 Å². The van der Waals surface area contributed by atoms with E-state index in [9.17, 15) is 14.4 Å². The van der Waals surface area contributed by atoms with E-state index in [0.29, 0.717) is 24.5 Å². The summed E-state index contributed by atoms with van der Waals surface area (Å²) in [5.41, 5.74) is 3.39. The number of benzene rings is 2. The molecule has 2 aromatic carbocycles. The summed E-state index contributed by atoms with van der Waals surface area (Å²) in [6, 6.07) is 10.8. The molecule has 4 rings (SSSR count). The van der Waals surface area contributed by atoms with Gasteiger partial charge in [0.15, 0.2) is 6.61 Å². The molecule has 2 heterocycles. The molecule has 3 amide bonds. The van der Waals surface area contributed by atoms with Gasteiger partial charge in [0.05, 0.1) is 12.2 Å². The van der Waals surface area contributed by atoms with Crippen LogP contribution in [0.1, 0.15) is 24.0 Å². The summed E-state index contributed by atoms with van der Waals surface area (Å²) in [7, 11) is 0. The van der Waals surface area contributed by atoms with E-state index < -0.39 is 0 Å². The number of hydrogen-bond donors (Lipinski definition) is 2. The van der Waals surface area contributed by atoms with E-state index in [4.69, 9.17) is 4.74 Å². The van der Waals surface area contributed by atoms with Crippen LogP contribution >= 0.6 is 15.9 Å². The molecular formula is C27H30BrN5O4. The highest BCUT2D eigenvalue weighted by Gasteiger charge is 2.34. The van der Waals surface area contributed by atoms with Gasteiger partial charge in [0.25, 0.3) is 5.91 Å². The molecule has 1 aliphatic rings. The number of aromatic nitrogens is 2. The molecule has 1 aromatic heterocycles. The minimum Gasteiger partial charge on any atom is -0.484 e. The Morgan fingerprint density at radius 1 is 1.16 bits per heavy atom. The molecule has 10 heteroatoms. The van der Waals surface area contributed by atoms with E-state index in [2.05, 4.69) is 31.5 Å². The number of anilines is 2. The highest BCUT2D eigenvalue weighted by atomic mass is 79.9. The third kappa shape index (κ3) is 6.97. The van der Waals surface area contributed by atoms with Crippen LogP contribution in [0.25, 0.3) is 0 Å². The third-order valence-electron chi connectivity index (χ3n) is 6.23. The van der Waals surface area contributed by atoms with Crippen molar-refractivity contribution in [1.29, 1.82) is 0 Å². The smallest absolute Gasteiger partial charge is 0.262 e. The molecule has 194 valence electrons. The van der Waals surface area contributed by atoms with E-state index >= 15 is 0 Å². The van der Waals surface area contributed by atoms with Crippen molar-refractivity contribution >= 4 is 45.0 Å². The first-order chi connectivity index (χ1) is 17.8. The average Bonchev–Trinajstić information content (AvgIpc) is 3.53. The number of carbonyl (C=O) groups is 3. The van der Waals surface area contributed by atoms with Crippen LogP contribution < -0.4 is 20.3 Å². The summed E-state index contributed by atoms with van der Waals surface area (Å²) in [6.45, 7) is 5.38. The Hall–Kier alpha value is -3.66. The SMILES string of the molecule is Cc1cc(Br)cc(C)c1NC(=O)COc1ccc(N2C[C@@H](C(=O)NCCCn3ccnc3)CC2=O)cc1. The maximum atomic E-state index is 12.6. The zero-order valence-electron chi connectivity index (χ0n) is 20.9. The van der Waals surface area contributed by atoms with E-state index in [1.54, 1.807) is 41.7 Å². The van der Waals surface area contributed by atoms with Gasteiger partial charge in [0.2, 0.25) is 11.8 Å². The Balaban J connectivity index is 1.24. The molecule has 1 aliphatic heterocycles. The fourth-order valence-electron chi connectivity index (χ4n) is 4.32. The van der Waals surface area contributed by atoms with Gasteiger partial charge < -0.3 is 24.8 Å². The van der Waals surface area contributed by atoms with E-state index in [-0.39, 0.29) is 36.7 Å². The van der Waals surface area contributed by atoms with E-state index in [1.807, 2.05) is 36.7 Å². The fraction of sp³-hybridized carbons (Fsp3) is 0.333. The number of halogens is 1. The molecule has 1 atom stereocenters. The third-order valence-corrected chi connectivity index (χ3v) is 6.69. The number of aryl methyl sites for hydroxylation is 3. The molecule has 0 unspecified atom stereocenters. The molecular weight excluding hydrogens is 538 g/mol. The number of ether oxygens (including phenoxy) is 1. The summed E-state index contributed by atoms with van der Waals surface area (Å²) < 4.78 is 8.55. The van der Waals surface area contributed by atoms with E-state index in [1.165, 1.54) is 0 Å². The minimum atomic E-state index is -0.383. The highest BCUT2D eigenvalue weighted by Crippen LogP contribution is 2.28. The molecule has 0 saturated carbocycles. The van der Waals surface area contributed by atoms with Crippen molar-refractivity contribution in [3.05, 3.63) is 70.7 Å². The van der Waals surface area contributed by atoms with Gasteiger partial charge in [-0.1, -0.05) is 15.9 Å². The number of amides is 3. The number of nitrogens with zero attached hydrogens (tertiary/aromatic N) is 3. The van der Waals surface area contributed by atoms with Crippen molar-refractivity contribution < 1.29 is 19.1 Å². The lowest BCUT2D eigenvalue weighted by molar-refractivity contribution is -0.126. The predicted octanol–water partition coefficient (Wildman–Crippen LogP) is 3.84. The average molecular weight is 568 g/mol. The predicted molar refractivity (Wildman–Crippen MR) is 144 cm³/mol. The van der Waals surface area contributed by atoms with Crippen LogP contribution in [0.5, 0.6) is 5.75 Å². The molecule has 2 N–H and O–H groups in total. The number of carbonyl (C=O) groups excluding carboxylic acids is 3. The lowest BCUT2D eigenvalue weighted by atomic mass is 10.1. The van der Waals surface area contributed by atoms with Crippen LogP contribution in [-0.2, 0) is 20.9 Å². The first-order valence-corrected chi connectivity index (χ1v) is 12.9. The normalized spacial score (nSPS) is 15.1. The topological polar surface area (TPSA) is 106 Å². The van der Waals surface area contributed by atoms with Crippen molar-refractivity contribution in [2.45, 2.75) is 33.2 Å². The van der Waals surface area contributed by atoms with E-state index in [0.717, 1.165) is 34.3 Å². The Kier molecular flexibility index (Phi) is 8.60. The van der Waals surface area contributed by atoms with Gasteiger partial charge in [-0.2, -0.15) is 0 Å². The Morgan fingerprint density at radius 3 is 2.57 bits per heavy atom. The second-order valence-electron chi connectivity index (χ2n) is 9.10. The number of hydrogen-bond acceptors (Lipinski definition) is 5. The number of rotatable bonds is 10. The molecule has 0 radical (unpaired) electrons. The zero-order chi connectivity index (χ0) is 26.4. The van der Waals surface area contributed by atoms with Crippen LogP contribution in [0.3, 0.4) is 0 Å². The molecule has 3 aromatic rings. The van der Waals surface area contributed by atoms with Crippen LogP contribution in [0, 0.1) is 19.8 Å². The molecule has 9 nitrogen and oxygen atoms in total. The van der Waals surface area contributed by atoms with Gasteiger partial charge in [0.1, 0.15) is 5.75 Å². The molecule has 37 heavy (non-hydrogen) atoms. The lowest BCUT2D eigenvalue weighted by Crippen LogP contribution is -2.33. The molecule has 0 bridgehead atoms. The maximum absolute atomic E-state index is 12.6. The van der Waals surface area contributed by atoms with Gasteiger partial charge >= 0.3 is 0 Å². The van der Waals surface area contributed by atoms with Crippen molar-refractivity contribution in [2.24, 2.45) is 5.92 Å². The number of nitrogens with one attached hydrogen (secondary N) is 2. The second-order valence-corrected chi connectivity index (χ2v) is 10.0. The summed E-state index contributed by atoms with van der Waals surface area (Å²) in [6.07, 6.45) is 6.31. The Morgan fingerprint density at radius 2 is 1.89 bits per heavy atom. The quantitative estimate of drug-likeness (QED) is 0.362. The Bertz CT molecular complexity index is 1240. The molecule has 0 spiro atoms. The molecule has 0 aliphatic carbocycles.